The van der Waals surface area contributed by atoms with E-state index in [2.05, 4.69) is 22.5 Å². The molecular weight excluding hydrogens is 270 g/mol. The number of rotatable bonds is 4. The lowest BCUT2D eigenvalue weighted by molar-refractivity contribution is -0.115. The van der Waals surface area contributed by atoms with E-state index in [1.54, 1.807) is 11.9 Å². The molecule has 0 spiro atoms. The monoisotopic (exact) mass is 283 g/mol. The van der Waals surface area contributed by atoms with E-state index in [1.807, 2.05) is 24.3 Å². The van der Waals surface area contributed by atoms with Gasteiger partial charge in [0.1, 0.15) is 0 Å². The van der Waals surface area contributed by atoms with Crippen molar-refractivity contribution in [1.29, 1.82) is 0 Å². The molecule has 4 heteroatoms. The van der Waals surface area contributed by atoms with Gasteiger partial charge in [-0.2, -0.15) is 0 Å². The molecule has 0 atom stereocenters. The number of ether oxygens (including phenoxy) is 1. The van der Waals surface area contributed by atoms with Crippen LogP contribution in [-0.4, -0.2) is 26.7 Å². The largest absolute Gasteiger partial charge is 0.380 e. The molecule has 0 fully saturated rings. The number of carbonyl (C=O) groups excluding carboxylic acids is 1. The third-order valence-electron chi connectivity index (χ3n) is 2.14. The van der Waals surface area contributed by atoms with Crippen molar-refractivity contribution >= 4 is 27.5 Å². The number of halogens is 1. The van der Waals surface area contributed by atoms with Crippen LogP contribution in [0.2, 0.25) is 0 Å². The van der Waals surface area contributed by atoms with E-state index in [1.165, 1.54) is 7.11 Å². The lowest BCUT2D eigenvalue weighted by atomic mass is 10.2. The third kappa shape index (κ3) is 2.93. The normalized spacial score (nSPS) is 9.94. The second-order valence-corrected chi connectivity index (χ2v) is 4.21. The molecule has 0 aromatic heterocycles. The summed E-state index contributed by atoms with van der Waals surface area (Å²) in [4.78, 5) is 13.5. The zero-order valence-electron chi connectivity index (χ0n) is 9.37. The Labute approximate surface area is 104 Å². The number of amides is 1. The van der Waals surface area contributed by atoms with E-state index in [0.29, 0.717) is 5.57 Å². The van der Waals surface area contributed by atoms with Crippen molar-refractivity contribution in [2.24, 2.45) is 0 Å². The van der Waals surface area contributed by atoms with Crippen LogP contribution >= 0.6 is 15.9 Å². The van der Waals surface area contributed by atoms with Gasteiger partial charge in [-0.1, -0.05) is 18.7 Å². The van der Waals surface area contributed by atoms with Gasteiger partial charge in [0.15, 0.2) is 0 Å². The van der Waals surface area contributed by atoms with Gasteiger partial charge < -0.3 is 9.64 Å². The predicted octanol–water partition coefficient (Wildman–Crippen LogP) is 2.61. The lowest BCUT2D eigenvalue weighted by Crippen LogP contribution is -2.29. The van der Waals surface area contributed by atoms with Crippen molar-refractivity contribution in [2.45, 2.75) is 0 Å². The second-order valence-electron chi connectivity index (χ2n) is 3.35. The maximum atomic E-state index is 11.9. The molecule has 0 aliphatic heterocycles. The summed E-state index contributed by atoms with van der Waals surface area (Å²) < 4.78 is 5.75. The first-order valence-electron chi connectivity index (χ1n) is 4.77. The standard InChI is InChI=1S/C12H14BrNO2/c1-9(8-16-3)12(15)14(2)11-7-5-4-6-10(11)13/h4-7H,1,8H2,2-3H3. The number of para-hydroxylation sites is 1. The Kier molecular flexibility index (Phi) is 4.71. The summed E-state index contributed by atoms with van der Waals surface area (Å²) in [6.07, 6.45) is 0. The maximum absolute atomic E-state index is 11.9. The fourth-order valence-corrected chi connectivity index (χ4v) is 1.86. The Morgan fingerprint density at radius 3 is 2.69 bits per heavy atom. The molecule has 1 aromatic rings. The molecule has 86 valence electrons. The molecule has 0 unspecified atom stereocenters. The van der Waals surface area contributed by atoms with E-state index in [0.717, 1.165) is 10.2 Å². The Morgan fingerprint density at radius 2 is 2.12 bits per heavy atom. The number of hydrogen-bond donors (Lipinski definition) is 0. The average Bonchev–Trinajstić information content (AvgIpc) is 2.28. The summed E-state index contributed by atoms with van der Waals surface area (Å²) in [5.74, 6) is -0.145. The molecule has 0 saturated heterocycles. The number of nitrogens with zero attached hydrogens (tertiary/aromatic N) is 1. The van der Waals surface area contributed by atoms with Gasteiger partial charge in [-0.3, -0.25) is 4.79 Å². The number of anilines is 1. The van der Waals surface area contributed by atoms with Crippen LogP contribution in [-0.2, 0) is 9.53 Å². The summed E-state index contributed by atoms with van der Waals surface area (Å²) in [5, 5.41) is 0. The predicted molar refractivity (Wildman–Crippen MR) is 68.6 cm³/mol. The van der Waals surface area contributed by atoms with Crippen LogP contribution in [0, 0.1) is 0 Å². The summed E-state index contributed by atoms with van der Waals surface area (Å²) >= 11 is 3.40. The van der Waals surface area contributed by atoms with E-state index >= 15 is 0 Å². The maximum Gasteiger partial charge on any atom is 0.255 e. The van der Waals surface area contributed by atoms with Crippen LogP contribution in [0.1, 0.15) is 0 Å². The summed E-state index contributed by atoms with van der Waals surface area (Å²) in [6.45, 7) is 3.93. The third-order valence-corrected chi connectivity index (χ3v) is 2.81. The second kappa shape index (κ2) is 5.82. The van der Waals surface area contributed by atoms with Crippen molar-refractivity contribution in [1.82, 2.24) is 0 Å². The van der Waals surface area contributed by atoms with Crippen molar-refractivity contribution < 1.29 is 9.53 Å². The van der Waals surface area contributed by atoms with Crippen LogP contribution in [0.4, 0.5) is 5.69 Å². The van der Waals surface area contributed by atoms with E-state index in [-0.39, 0.29) is 12.5 Å². The molecule has 1 amide bonds. The molecule has 0 heterocycles. The van der Waals surface area contributed by atoms with Crippen LogP contribution in [0.5, 0.6) is 0 Å². The van der Waals surface area contributed by atoms with Crippen molar-refractivity contribution in [3.63, 3.8) is 0 Å². The average molecular weight is 284 g/mol. The number of benzene rings is 1. The number of carbonyl (C=O) groups is 1. The van der Waals surface area contributed by atoms with Gasteiger partial charge >= 0.3 is 0 Å². The van der Waals surface area contributed by atoms with E-state index in [9.17, 15) is 4.79 Å². The van der Waals surface area contributed by atoms with Crippen LogP contribution in [0.15, 0.2) is 40.9 Å². The van der Waals surface area contributed by atoms with E-state index < -0.39 is 0 Å². The van der Waals surface area contributed by atoms with Crippen molar-refractivity contribution in [3.8, 4) is 0 Å². The Hall–Kier alpha value is -1.13. The van der Waals surface area contributed by atoms with E-state index in [4.69, 9.17) is 4.74 Å². The molecular formula is C12H14BrNO2. The molecule has 0 N–H and O–H groups in total. The van der Waals surface area contributed by atoms with Gasteiger partial charge in [0.2, 0.25) is 0 Å². The number of hydrogen-bond acceptors (Lipinski definition) is 2. The zero-order chi connectivity index (χ0) is 12.1. The fourth-order valence-electron chi connectivity index (χ4n) is 1.31. The minimum absolute atomic E-state index is 0.145. The first kappa shape index (κ1) is 12.9. The summed E-state index contributed by atoms with van der Waals surface area (Å²) in [7, 11) is 3.25. The molecule has 1 aromatic carbocycles. The first-order valence-corrected chi connectivity index (χ1v) is 5.56. The molecule has 0 aliphatic rings. The van der Waals surface area contributed by atoms with Crippen molar-refractivity contribution in [2.75, 3.05) is 25.7 Å². The Morgan fingerprint density at radius 1 is 1.50 bits per heavy atom. The molecule has 0 saturated carbocycles. The molecule has 0 bridgehead atoms. The minimum Gasteiger partial charge on any atom is -0.380 e. The van der Waals surface area contributed by atoms with Gasteiger partial charge in [-0.05, 0) is 28.1 Å². The first-order chi connectivity index (χ1) is 7.57. The molecule has 0 radical (unpaired) electrons. The van der Waals surface area contributed by atoms with Gasteiger partial charge in [-0.15, -0.1) is 0 Å². The van der Waals surface area contributed by atoms with Crippen LogP contribution in [0.3, 0.4) is 0 Å². The molecule has 3 nitrogen and oxygen atoms in total. The SMILES string of the molecule is C=C(COC)C(=O)N(C)c1ccccc1Br. The number of methoxy groups -OCH3 is 1. The highest BCUT2D eigenvalue weighted by Crippen LogP contribution is 2.25. The van der Waals surface area contributed by atoms with Crippen LogP contribution < -0.4 is 4.90 Å². The molecule has 16 heavy (non-hydrogen) atoms. The molecule has 1 rings (SSSR count). The Balaban J connectivity index is 2.86. The topological polar surface area (TPSA) is 29.5 Å². The van der Waals surface area contributed by atoms with Gasteiger partial charge in [0.25, 0.3) is 5.91 Å². The number of likely N-dealkylation sites (N-methyl/N-ethyl adjacent to an activating group) is 1. The van der Waals surface area contributed by atoms with Crippen LogP contribution in [0.25, 0.3) is 0 Å². The highest BCUT2D eigenvalue weighted by Gasteiger charge is 2.15. The highest BCUT2D eigenvalue weighted by molar-refractivity contribution is 9.10. The zero-order valence-corrected chi connectivity index (χ0v) is 11.0. The quantitative estimate of drug-likeness (QED) is 0.795. The smallest absolute Gasteiger partial charge is 0.255 e. The van der Waals surface area contributed by atoms with Gasteiger partial charge in [-0.25, -0.2) is 0 Å². The summed E-state index contributed by atoms with van der Waals surface area (Å²) in [6, 6.07) is 7.53. The highest BCUT2D eigenvalue weighted by atomic mass is 79.9. The van der Waals surface area contributed by atoms with Crippen molar-refractivity contribution in [3.05, 3.63) is 40.9 Å². The lowest BCUT2D eigenvalue weighted by Gasteiger charge is -2.19. The fraction of sp³-hybridized carbons (Fsp3) is 0.250. The van der Waals surface area contributed by atoms with Gasteiger partial charge in [0, 0.05) is 24.2 Å². The van der Waals surface area contributed by atoms with Gasteiger partial charge in [0.05, 0.1) is 12.3 Å². The summed E-state index contributed by atoms with van der Waals surface area (Å²) in [5.41, 5.74) is 1.24. The molecule has 0 aliphatic carbocycles. The minimum atomic E-state index is -0.145. The Bertz CT molecular complexity index is 404.